The van der Waals surface area contributed by atoms with Crippen molar-refractivity contribution < 1.29 is 73.2 Å². The maximum absolute atomic E-state index is 13.9. The van der Waals surface area contributed by atoms with Crippen molar-refractivity contribution in [2.24, 2.45) is 29.2 Å². The van der Waals surface area contributed by atoms with E-state index in [0.717, 1.165) is 6.92 Å². The Labute approximate surface area is 418 Å². The number of amides is 10. The first-order chi connectivity index (χ1) is 33.6. The standard InChI is InChI=1S/C46H75N11O15/c1-9-24(6)36(45(70)53-31(17-27-13-11-10-12-14-27)42(67)55-33(21-59)44(69)57-37(26(8)60)46(71)72)56-35(62)19-49-40(65)29(15-22(2)3)51-38(63)25(7)50-43(68)32(20-58)54-41(66)30(16-23(4)5)52-39(64)28(47)18-34(48)61/h10-14,22-26,28-33,36-37,58-60H,9,15-21,47H2,1-8H3,(H2,48,61)(H,49,65)(H,50,68)(H,51,63)(H,52,64)(H,53,70)(H,54,66)(H,55,67)(H,56,62)(H,57,69)(H,71,72)/t24-,25-,26+,28-,29-,30-,31-,32-,33-,36-,37-/m0/s1. The van der Waals surface area contributed by atoms with Gasteiger partial charge in [-0.3, -0.25) is 47.9 Å². The van der Waals surface area contributed by atoms with Gasteiger partial charge in [-0.25, -0.2) is 4.79 Å². The van der Waals surface area contributed by atoms with E-state index in [0.29, 0.717) is 12.0 Å². The summed E-state index contributed by atoms with van der Waals surface area (Å²) in [5.41, 5.74) is 11.4. The van der Waals surface area contributed by atoms with E-state index in [1.165, 1.54) is 6.92 Å². The average molecular weight is 1020 g/mol. The van der Waals surface area contributed by atoms with Gasteiger partial charge in [0.25, 0.3) is 0 Å². The van der Waals surface area contributed by atoms with Crippen LogP contribution in [-0.2, 0) is 59.2 Å². The topological polar surface area (TPSA) is 429 Å². The predicted molar refractivity (Wildman–Crippen MR) is 258 cm³/mol. The molecule has 17 N–H and O–H groups in total. The van der Waals surface area contributed by atoms with E-state index in [1.54, 1.807) is 71.9 Å². The molecule has 0 bridgehead atoms. The minimum Gasteiger partial charge on any atom is -0.480 e. The summed E-state index contributed by atoms with van der Waals surface area (Å²) >= 11 is 0. The zero-order valence-electron chi connectivity index (χ0n) is 42.0. The third-order valence-corrected chi connectivity index (χ3v) is 11.0. The average Bonchev–Trinajstić information content (AvgIpc) is 3.30. The van der Waals surface area contributed by atoms with Gasteiger partial charge in [0.05, 0.1) is 38.3 Å². The number of nitrogens with one attached hydrogen (secondary N) is 9. The number of benzene rings is 1. The van der Waals surface area contributed by atoms with Crippen LogP contribution in [0.1, 0.15) is 86.6 Å². The molecule has 26 heteroatoms. The number of hydrogen-bond donors (Lipinski definition) is 15. The Morgan fingerprint density at radius 1 is 0.556 bits per heavy atom. The van der Waals surface area contributed by atoms with Crippen molar-refractivity contribution in [1.82, 2.24) is 47.9 Å². The van der Waals surface area contributed by atoms with Crippen LogP contribution in [-0.4, -0.2) is 166 Å². The lowest BCUT2D eigenvalue weighted by Gasteiger charge is -2.28. The Kier molecular flexibility index (Phi) is 27.7. The summed E-state index contributed by atoms with van der Waals surface area (Å²) in [6.45, 7) is 10.2. The van der Waals surface area contributed by atoms with Crippen molar-refractivity contribution in [3.05, 3.63) is 35.9 Å². The molecule has 0 heterocycles. The van der Waals surface area contributed by atoms with Gasteiger partial charge in [0.2, 0.25) is 59.1 Å². The summed E-state index contributed by atoms with van der Waals surface area (Å²) < 4.78 is 0. The molecular weight excluding hydrogens is 947 g/mol. The molecule has 1 aromatic rings. The van der Waals surface area contributed by atoms with Crippen LogP contribution >= 0.6 is 0 Å². The van der Waals surface area contributed by atoms with Crippen LogP contribution in [0.3, 0.4) is 0 Å². The molecule has 11 atom stereocenters. The van der Waals surface area contributed by atoms with Crippen LogP contribution in [0.25, 0.3) is 0 Å². The van der Waals surface area contributed by atoms with E-state index in [9.17, 15) is 73.2 Å². The molecule has 26 nitrogen and oxygen atoms in total. The van der Waals surface area contributed by atoms with Crippen LogP contribution in [0.5, 0.6) is 0 Å². The van der Waals surface area contributed by atoms with E-state index < -0.39 is 158 Å². The Balaban J connectivity index is 3.13. The summed E-state index contributed by atoms with van der Waals surface area (Å²) in [6.07, 6.45) is -1.68. The number of carboxylic acids is 1. The maximum atomic E-state index is 13.9. The van der Waals surface area contributed by atoms with Crippen molar-refractivity contribution in [3.8, 4) is 0 Å². The fourth-order valence-corrected chi connectivity index (χ4v) is 6.78. The van der Waals surface area contributed by atoms with Gasteiger partial charge in [0, 0.05) is 6.42 Å². The second-order valence-corrected chi connectivity index (χ2v) is 18.3. The van der Waals surface area contributed by atoms with Gasteiger partial charge in [-0.1, -0.05) is 78.3 Å². The van der Waals surface area contributed by atoms with E-state index in [4.69, 9.17) is 11.5 Å². The van der Waals surface area contributed by atoms with Gasteiger partial charge in [0.1, 0.15) is 42.3 Å². The molecule has 0 aliphatic rings. The fourth-order valence-electron chi connectivity index (χ4n) is 6.78. The summed E-state index contributed by atoms with van der Waals surface area (Å²) in [5, 5.41) is 60.6. The number of rotatable bonds is 32. The molecule has 0 saturated carbocycles. The second-order valence-electron chi connectivity index (χ2n) is 18.3. The number of aliphatic hydroxyl groups excluding tert-OH is 3. The number of nitrogens with two attached hydrogens (primary N) is 2. The molecule has 72 heavy (non-hydrogen) atoms. The number of aliphatic hydroxyl groups is 3. The van der Waals surface area contributed by atoms with E-state index >= 15 is 0 Å². The number of hydrogen-bond acceptors (Lipinski definition) is 15. The van der Waals surface area contributed by atoms with Crippen LogP contribution in [0, 0.1) is 17.8 Å². The van der Waals surface area contributed by atoms with Gasteiger partial charge in [-0.05, 0) is 50.0 Å². The number of carbonyl (C=O) groups is 11. The normalized spacial score (nSPS) is 15.8. The van der Waals surface area contributed by atoms with Crippen LogP contribution < -0.4 is 59.3 Å². The molecular formula is C46H75N11O15. The van der Waals surface area contributed by atoms with Gasteiger partial charge in [0.15, 0.2) is 6.04 Å². The Morgan fingerprint density at radius 2 is 1.01 bits per heavy atom. The number of carboxylic acid groups (broad SMARTS) is 1. The largest absolute Gasteiger partial charge is 0.480 e. The second kappa shape index (κ2) is 31.5. The first-order valence-electron chi connectivity index (χ1n) is 23.6. The summed E-state index contributed by atoms with van der Waals surface area (Å²) in [6, 6.07) is -4.59. The SMILES string of the molecule is CC[C@H](C)[C@H](NC(=O)CNC(=O)[C@H](CC(C)C)NC(=O)[C@H](C)NC(=O)[C@H](CO)NC(=O)[C@H](CC(C)C)NC(=O)[C@@H](N)CC(N)=O)C(=O)N[C@@H](Cc1ccccc1)C(=O)N[C@@H](CO)C(=O)N[C@H](C(=O)O)[C@@H](C)O. The highest BCUT2D eigenvalue weighted by atomic mass is 16.4. The van der Waals surface area contributed by atoms with Gasteiger partial charge < -0.3 is 79.7 Å². The molecule has 0 saturated heterocycles. The van der Waals surface area contributed by atoms with E-state index in [-0.39, 0.29) is 31.1 Å². The van der Waals surface area contributed by atoms with Gasteiger partial charge in [-0.2, -0.15) is 0 Å². The van der Waals surface area contributed by atoms with Gasteiger partial charge >= 0.3 is 5.97 Å². The molecule has 0 spiro atoms. The van der Waals surface area contributed by atoms with E-state index in [2.05, 4.69) is 42.5 Å². The molecule has 404 valence electrons. The molecule has 0 aliphatic carbocycles. The number of aliphatic carboxylic acids is 1. The minimum absolute atomic E-state index is 0.0590. The lowest BCUT2D eigenvalue weighted by atomic mass is 9.97. The van der Waals surface area contributed by atoms with Crippen molar-refractivity contribution in [2.45, 2.75) is 148 Å². The Bertz CT molecular complexity index is 2020. The molecule has 1 rings (SSSR count). The lowest BCUT2D eigenvalue weighted by molar-refractivity contribution is -0.145. The van der Waals surface area contributed by atoms with Crippen molar-refractivity contribution in [3.63, 3.8) is 0 Å². The molecule has 10 amide bonds. The van der Waals surface area contributed by atoms with Gasteiger partial charge in [-0.15, -0.1) is 0 Å². The van der Waals surface area contributed by atoms with Crippen molar-refractivity contribution in [1.29, 1.82) is 0 Å². The first-order valence-corrected chi connectivity index (χ1v) is 23.6. The predicted octanol–water partition coefficient (Wildman–Crippen LogP) is -4.97. The maximum Gasteiger partial charge on any atom is 0.328 e. The third-order valence-electron chi connectivity index (χ3n) is 11.0. The fraction of sp³-hybridized carbons (Fsp3) is 0.630. The molecule has 1 aromatic carbocycles. The minimum atomic E-state index is -1.77. The molecule has 0 radical (unpaired) electrons. The molecule has 0 aliphatic heterocycles. The highest BCUT2D eigenvalue weighted by molar-refractivity contribution is 5.98. The smallest absolute Gasteiger partial charge is 0.328 e. The summed E-state index contributed by atoms with van der Waals surface area (Å²) in [4.78, 5) is 142. The number of primary amides is 1. The third kappa shape index (κ3) is 22.5. The highest BCUT2D eigenvalue weighted by Gasteiger charge is 2.35. The zero-order valence-corrected chi connectivity index (χ0v) is 42.0. The van der Waals surface area contributed by atoms with Crippen molar-refractivity contribution >= 4 is 65.0 Å². The molecule has 0 aromatic heterocycles. The van der Waals surface area contributed by atoms with Crippen LogP contribution in [0.2, 0.25) is 0 Å². The zero-order chi connectivity index (χ0) is 55.0. The quantitative estimate of drug-likeness (QED) is 0.0321. The highest BCUT2D eigenvalue weighted by Crippen LogP contribution is 2.12. The number of carbonyl (C=O) groups excluding carboxylic acids is 10. The lowest BCUT2D eigenvalue weighted by Crippen LogP contribution is -2.61. The van der Waals surface area contributed by atoms with E-state index in [1.807, 2.05) is 5.32 Å². The summed E-state index contributed by atoms with van der Waals surface area (Å²) in [7, 11) is 0. The van der Waals surface area contributed by atoms with Crippen LogP contribution in [0.4, 0.5) is 0 Å². The molecule has 0 fully saturated rings. The first kappa shape index (κ1) is 63.2. The monoisotopic (exact) mass is 1020 g/mol. The molecule has 0 unspecified atom stereocenters. The summed E-state index contributed by atoms with van der Waals surface area (Å²) in [5.74, 6) is -11.5. The van der Waals surface area contributed by atoms with Crippen molar-refractivity contribution in [2.75, 3.05) is 19.8 Å². The Hall–Kier alpha value is -6.77. The van der Waals surface area contributed by atoms with Crippen LogP contribution in [0.15, 0.2) is 30.3 Å². The Morgan fingerprint density at radius 3 is 1.49 bits per heavy atom.